The molecule has 78 valence electrons. The number of oxazole rings is 1. The molecule has 3 nitrogen and oxygen atoms in total. The summed E-state index contributed by atoms with van der Waals surface area (Å²) in [6.07, 6.45) is 3.10. The van der Waals surface area contributed by atoms with Gasteiger partial charge in [-0.15, -0.1) is 0 Å². The van der Waals surface area contributed by atoms with Crippen LogP contribution < -0.4 is 5.73 Å². The SMILES string of the molecule is NC1(c2nc3cccc(Br)c3o2)CCC1. The van der Waals surface area contributed by atoms with Gasteiger partial charge in [0.1, 0.15) is 5.52 Å². The van der Waals surface area contributed by atoms with E-state index in [1.165, 1.54) is 0 Å². The smallest absolute Gasteiger partial charge is 0.215 e. The first-order chi connectivity index (χ1) is 7.19. The molecule has 2 N–H and O–H groups in total. The minimum absolute atomic E-state index is 0.321. The van der Waals surface area contributed by atoms with Crippen molar-refractivity contribution in [2.45, 2.75) is 24.8 Å². The van der Waals surface area contributed by atoms with Crippen LogP contribution in [0, 0.1) is 0 Å². The van der Waals surface area contributed by atoms with Crippen molar-refractivity contribution in [3.63, 3.8) is 0 Å². The first kappa shape index (κ1) is 9.36. The predicted octanol–water partition coefficient (Wildman–Crippen LogP) is 2.93. The Balaban J connectivity index is 2.18. The fourth-order valence-electron chi connectivity index (χ4n) is 1.90. The van der Waals surface area contributed by atoms with Crippen LogP contribution in [0.4, 0.5) is 0 Å². The molecule has 0 radical (unpaired) electrons. The normalized spacial score (nSPS) is 19.1. The highest BCUT2D eigenvalue weighted by atomic mass is 79.9. The van der Waals surface area contributed by atoms with Crippen molar-refractivity contribution < 1.29 is 4.42 Å². The standard InChI is InChI=1S/C11H11BrN2O/c12-7-3-1-4-8-9(7)15-10(14-8)11(13)5-2-6-11/h1,3-4H,2,5-6,13H2. The summed E-state index contributed by atoms with van der Waals surface area (Å²) in [4.78, 5) is 4.45. The first-order valence-electron chi connectivity index (χ1n) is 5.03. The summed E-state index contributed by atoms with van der Waals surface area (Å²) >= 11 is 3.44. The van der Waals surface area contributed by atoms with Crippen molar-refractivity contribution in [1.82, 2.24) is 4.98 Å². The molecular weight excluding hydrogens is 256 g/mol. The Kier molecular flexibility index (Phi) is 1.91. The zero-order valence-electron chi connectivity index (χ0n) is 8.16. The maximum Gasteiger partial charge on any atom is 0.215 e. The number of rotatable bonds is 1. The monoisotopic (exact) mass is 266 g/mol. The Morgan fingerprint density at radius 2 is 2.20 bits per heavy atom. The summed E-state index contributed by atoms with van der Waals surface area (Å²) in [7, 11) is 0. The van der Waals surface area contributed by atoms with Crippen LogP contribution in [0.25, 0.3) is 11.1 Å². The third kappa shape index (κ3) is 1.32. The number of nitrogens with zero attached hydrogens (tertiary/aromatic N) is 1. The quantitative estimate of drug-likeness (QED) is 0.864. The fourth-order valence-corrected chi connectivity index (χ4v) is 2.34. The number of benzene rings is 1. The Labute approximate surface area is 95.8 Å². The number of aromatic nitrogens is 1. The van der Waals surface area contributed by atoms with Gasteiger partial charge in [-0.3, -0.25) is 0 Å². The van der Waals surface area contributed by atoms with Crippen molar-refractivity contribution in [3.8, 4) is 0 Å². The summed E-state index contributed by atoms with van der Waals surface area (Å²) in [5.41, 5.74) is 7.51. The highest BCUT2D eigenvalue weighted by Crippen LogP contribution is 2.40. The molecule has 0 aliphatic heterocycles. The zero-order valence-corrected chi connectivity index (χ0v) is 9.75. The van der Waals surface area contributed by atoms with Gasteiger partial charge in [-0.1, -0.05) is 6.07 Å². The van der Waals surface area contributed by atoms with Crippen LogP contribution >= 0.6 is 15.9 Å². The van der Waals surface area contributed by atoms with Crippen LogP contribution in [-0.4, -0.2) is 4.98 Å². The molecular formula is C11H11BrN2O. The molecule has 4 heteroatoms. The lowest BCUT2D eigenvalue weighted by Crippen LogP contribution is -2.43. The minimum atomic E-state index is -0.321. The van der Waals surface area contributed by atoms with Gasteiger partial charge in [0, 0.05) is 0 Å². The third-order valence-corrected chi connectivity index (χ3v) is 3.66. The highest BCUT2D eigenvalue weighted by molar-refractivity contribution is 9.10. The van der Waals surface area contributed by atoms with E-state index in [2.05, 4.69) is 20.9 Å². The number of nitrogens with two attached hydrogens (primary N) is 1. The minimum Gasteiger partial charge on any atom is -0.437 e. The number of para-hydroxylation sites is 1. The van der Waals surface area contributed by atoms with Crippen molar-refractivity contribution in [3.05, 3.63) is 28.6 Å². The van der Waals surface area contributed by atoms with E-state index in [0.29, 0.717) is 5.89 Å². The lowest BCUT2D eigenvalue weighted by atomic mass is 9.78. The molecule has 1 aliphatic carbocycles. The zero-order chi connectivity index (χ0) is 10.5. The second-order valence-corrected chi connectivity index (χ2v) is 4.97. The average Bonchev–Trinajstić information content (AvgIpc) is 2.59. The van der Waals surface area contributed by atoms with E-state index < -0.39 is 0 Å². The van der Waals surface area contributed by atoms with Crippen molar-refractivity contribution >= 4 is 27.0 Å². The van der Waals surface area contributed by atoms with Gasteiger partial charge in [0.2, 0.25) is 5.89 Å². The predicted molar refractivity (Wildman–Crippen MR) is 61.4 cm³/mol. The van der Waals surface area contributed by atoms with Gasteiger partial charge < -0.3 is 10.2 Å². The topological polar surface area (TPSA) is 52.0 Å². The van der Waals surface area contributed by atoms with Crippen LogP contribution in [-0.2, 0) is 5.54 Å². The van der Waals surface area contributed by atoms with E-state index in [1.807, 2.05) is 18.2 Å². The molecule has 1 heterocycles. The van der Waals surface area contributed by atoms with Crippen molar-refractivity contribution in [2.24, 2.45) is 5.73 Å². The fraction of sp³-hybridized carbons (Fsp3) is 0.364. The maximum absolute atomic E-state index is 6.17. The van der Waals surface area contributed by atoms with Crippen LogP contribution in [0.15, 0.2) is 27.1 Å². The molecule has 1 saturated carbocycles. The van der Waals surface area contributed by atoms with E-state index in [0.717, 1.165) is 34.8 Å². The molecule has 0 bridgehead atoms. The van der Waals surface area contributed by atoms with Gasteiger partial charge in [-0.05, 0) is 47.3 Å². The van der Waals surface area contributed by atoms with E-state index in [4.69, 9.17) is 10.2 Å². The molecule has 1 aliphatic rings. The van der Waals surface area contributed by atoms with Gasteiger partial charge in [0.15, 0.2) is 5.58 Å². The summed E-state index contributed by atoms with van der Waals surface area (Å²) < 4.78 is 6.65. The first-order valence-corrected chi connectivity index (χ1v) is 5.83. The van der Waals surface area contributed by atoms with Crippen LogP contribution in [0.1, 0.15) is 25.2 Å². The Morgan fingerprint density at radius 3 is 2.80 bits per heavy atom. The Morgan fingerprint density at radius 1 is 1.40 bits per heavy atom. The summed E-state index contributed by atoms with van der Waals surface area (Å²) in [6.45, 7) is 0. The lowest BCUT2D eigenvalue weighted by Gasteiger charge is -2.34. The number of hydrogen-bond acceptors (Lipinski definition) is 3. The van der Waals surface area contributed by atoms with Crippen LogP contribution in [0.2, 0.25) is 0 Å². The van der Waals surface area contributed by atoms with Crippen LogP contribution in [0.5, 0.6) is 0 Å². The summed E-state index contributed by atoms with van der Waals surface area (Å²) in [6, 6.07) is 5.83. The third-order valence-electron chi connectivity index (χ3n) is 3.04. The molecule has 0 spiro atoms. The second kappa shape index (κ2) is 3.06. The number of hydrogen-bond donors (Lipinski definition) is 1. The maximum atomic E-state index is 6.17. The van der Waals surface area contributed by atoms with E-state index in [1.54, 1.807) is 0 Å². The van der Waals surface area contributed by atoms with Gasteiger partial charge in [0.25, 0.3) is 0 Å². The molecule has 0 unspecified atom stereocenters. The van der Waals surface area contributed by atoms with E-state index >= 15 is 0 Å². The molecule has 3 rings (SSSR count). The van der Waals surface area contributed by atoms with Crippen molar-refractivity contribution in [1.29, 1.82) is 0 Å². The molecule has 0 atom stereocenters. The van der Waals surface area contributed by atoms with Gasteiger partial charge in [-0.2, -0.15) is 0 Å². The Hall–Kier alpha value is -0.870. The molecule has 15 heavy (non-hydrogen) atoms. The molecule has 1 fully saturated rings. The molecule has 0 saturated heterocycles. The average molecular weight is 267 g/mol. The van der Waals surface area contributed by atoms with E-state index in [9.17, 15) is 0 Å². The van der Waals surface area contributed by atoms with Crippen molar-refractivity contribution in [2.75, 3.05) is 0 Å². The number of halogens is 1. The van der Waals surface area contributed by atoms with Gasteiger partial charge in [0.05, 0.1) is 10.0 Å². The lowest BCUT2D eigenvalue weighted by molar-refractivity contribution is 0.203. The molecule has 1 aromatic carbocycles. The molecule has 1 aromatic heterocycles. The Bertz CT molecular complexity index is 516. The van der Waals surface area contributed by atoms with E-state index in [-0.39, 0.29) is 5.54 Å². The molecule has 0 amide bonds. The van der Waals surface area contributed by atoms with Crippen LogP contribution in [0.3, 0.4) is 0 Å². The van der Waals surface area contributed by atoms with Gasteiger partial charge >= 0.3 is 0 Å². The highest BCUT2D eigenvalue weighted by Gasteiger charge is 2.39. The summed E-state index contributed by atoms with van der Waals surface area (Å²) in [5, 5.41) is 0. The second-order valence-electron chi connectivity index (χ2n) is 4.12. The summed E-state index contributed by atoms with van der Waals surface area (Å²) in [5.74, 6) is 0.677. The number of fused-ring (bicyclic) bond motifs is 1. The largest absolute Gasteiger partial charge is 0.437 e. The van der Waals surface area contributed by atoms with Gasteiger partial charge in [-0.25, -0.2) is 4.98 Å². The molecule has 2 aromatic rings.